The van der Waals surface area contributed by atoms with E-state index >= 15 is 0 Å². The third-order valence-corrected chi connectivity index (χ3v) is 5.27. The highest BCUT2D eigenvalue weighted by Crippen LogP contribution is 2.39. The van der Waals surface area contributed by atoms with Crippen LogP contribution in [-0.2, 0) is 19.6 Å². The maximum Gasteiger partial charge on any atom is 0.415 e. The van der Waals surface area contributed by atoms with Crippen molar-refractivity contribution >= 4 is 33.4 Å². The molecule has 0 aromatic heterocycles. The summed E-state index contributed by atoms with van der Waals surface area (Å²) in [5.74, 6) is -0.474. The monoisotopic (exact) mass is 403 g/mol. The Labute approximate surface area is 163 Å². The molecule has 1 unspecified atom stereocenters. The third kappa shape index (κ3) is 4.00. The molecule has 3 rings (SSSR count). The number of amides is 2. The molecule has 2 aromatic carbocycles. The van der Waals surface area contributed by atoms with Gasteiger partial charge in [-0.25, -0.2) is 18.4 Å². The normalized spacial score (nSPS) is 16.3. The van der Waals surface area contributed by atoms with Crippen molar-refractivity contribution in [2.75, 3.05) is 16.8 Å². The van der Waals surface area contributed by atoms with Crippen molar-refractivity contribution in [1.29, 1.82) is 0 Å². The Hall–Kier alpha value is -2.91. The van der Waals surface area contributed by atoms with E-state index in [1.165, 1.54) is 23.1 Å². The molecule has 0 bridgehead atoms. The number of hydrogen-bond donors (Lipinski definition) is 2. The van der Waals surface area contributed by atoms with Gasteiger partial charge in [-0.2, -0.15) is 0 Å². The highest BCUT2D eigenvalue weighted by molar-refractivity contribution is 7.89. The molecule has 2 amide bonds. The fraction of sp³-hybridized carbons (Fsp3) is 0.263. The maximum atomic E-state index is 12.8. The van der Waals surface area contributed by atoms with Crippen molar-refractivity contribution in [1.82, 2.24) is 0 Å². The predicted molar refractivity (Wildman–Crippen MR) is 104 cm³/mol. The Bertz CT molecular complexity index is 992. The second kappa shape index (κ2) is 7.99. The minimum Gasteiger partial charge on any atom is -0.449 e. The maximum absolute atomic E-state index is 12.8. The lowest BCUT2D eigenvalue weighted by Crippen LogP contribution is -2.45. The lowest BCUT2D eigenvalue weighted by molar-refractivity contribution is -0.117. The van der Waals surface area contributed by atoms with Crippen LogP contribution in [0.5, 0.6) is 0 Å². The van der Waals surface area contributed by atoms with Crippen LogP contribution in [0.15, 0.2) is 53.4 Å². The van der Waals surface area contributed by atoms with E-state index in [0.717, 1.165) is 6.42 Å². The van der Waals surface area contributed by atoms with Gasteiger partial charge in [0.25, 0.3) is 5.91 Å². The van der Waals surface area contributed by atoms with Gasteiger partial charge in [0.05, 0.1) is 22.9 Å². The summed E-state index contributed by atoms with van der Waals surface area (Å²) in [5.41, 5.74) is 1.12. The molecule has 9 heteroatoms. The number of nitrogens with two attached hydrogens (primary N) is 1. The summed E-state index contributed by atoms with van der Waals surface area (Å²) < 4.78 is 28.6. The van der Waals surface area contributed by atoms with Crippen molar-refractivity contribution in [2.45, 2.75) is 30.7 Å². The number of carbonyl (C=O) groups is 2. The van der Waals surface area contributed by atoms with E-state index in [4.69, 9.17) is 9.88 Å². The third-order valence-electron chi connectivity index (χ3n) is 4.36. The van der Waals surface area contributed by atoms with E-state index in [1.54, 1.807) is 30.3 Å². The average molecular weight is 403 g/mol. The Kier molecular flexibility index (Phi) is 5.66. The lowest BCUT2D eigenvalue weighted by atomic mass is 10.0. The zero-order valence-electron chi connectivity index (χ0n) is 15.3. The first-order valence-corrected chi connectivity index (χ1v) is 10.4. The SMILES string of the molecule is CCCCOC(=O)N1c2ccc(S(N)(=O)=O)cc2NC(=O)C1c1ccccc1. The number of ether oxygens (including phenoxy) is 1. The van der Waals surface area contributed by atoms with Gasteiger partial charge in [0.2, 0.25) is 10.0 Å². The Morgan fingerprint density at radius 1 is 1.21 bits per heavy atom. The van der Waals surface area contributed by atoms with Gasteiger partial charge in [0.15, 0.2) is 0 Å². The molecular weight excluding hydrogens is 382 g/mol. The van der Waals surface area contributed by atoms with Crippen molar-refractivity contribution < 1.29 is 22.7 Å². The van der Waals surface area contributed by atoms with Crippen molar-refractivity contribution in [3.8, 4) is 0 Å². The number of unbranched alkanes of at least 4 members (excludes halogenated alkanes) is 1. The molecular formula is C19H21N3O5S. The number of nitrogens with zero attached hydrogens (tertiary/aromatic N) is 1. The van der Waals surface area contributed by atoms with E-state index in [0.29, 0.717) is 17.7 Å². The molecule has 1 atom stereocenters. The van der Waals surface area contributed by atoms with Crippen molar-refractivity contribution in [3.05, 3.63) is 54.1 Å². The molecule has 0 spiro atoms. The molecule has 1 heterocycles. The summed E-state index contributed by atoms with van der Waals surface area (Å²) in [4.78, 5) is 26.7. The van der Waals surface area contributed by atoms with Gasteiger partial charge in [-0.1, -0.05) is 43.7 Å². The number of primary sulfonamides is 1. The summed E-state index contributed by atoms with van der Waals surface area (Å²) in [6.07, 6.45) is 0.866. The first-order valence-electron chi connectivity index (χ1n) is 8.81. The summed E-state index contributed by atoms with van der Waals surface area (Å²) in [5, 5.41) is 7.84. The molecule has 0 aliphatic carbocycles. The number of benzene rings is 2. The molecule has 1 aliphatic heterocycles. The first-order chi connectivity index (χ1) is 13.3. The topological polar surface area (TPSA) is 119 Å². The van der Waals surface area contributed by atoms with Crippen LogP contribution in [0.1, 0.15) is 31.4 Å². The lowest BCUT2D eigenvalue weighted by Gasteiger charge is -2.36. The van der Waals surface area contributed by atoms with E-state index in [2.05, 4.69) is 5.32 Å². The minimum absolute atomic E-state index is 0.163. The quantitative estimate of drug-likeness (QED) is 0.744. The highest BCUT2D eigenvalue weighted by atomic mass is 32.2. The largest absolute Gasteiger partial charge is 0.449 e. The number of anilines is 2. The molecule has 0 radical (unpaired) electrons. The number of fused-ring (bicyclic) bond motifs is 1. The Morgan fingerprint density at radius 3 is 2.57 bits per heavy atom. The van der Waals surface area contributed by atoms with Crippen LogP contribution in [0, 0.1) is 0 Å². The second-order valence-electron chi connectivity index (χ2n) is 6.36. The number of sulfonamides is 1. The smallest absolute Gasteiger partial charge is 0.415 e. The van der Waals surface area contributed by atoms with Crippen LogP contribution in [0.3, 0.4) is 0 Å². The van der Waals surface area contributed by atoms with Crippen LogP contribution in [0.4, 0.5) is 16.2 Å². The van der Waals surface area contributed by atoms with E-state index in [-0.39, 0.29) is 17.2 Å². The minimum atomic E-state index is -3.96. The molecule has 8 nitrogen and oxygen atoms in total. The molecule has 3 N–H and O–H groups in total. The summed E-state index contributed by atoms with van der Waals surface area (Å²) in [6.45, 7) is 2.19. The first kappa shape index (κ1) is 19.8. The second-order valence-corrected chi connectivity index (χ2v) is 7.93. The predicted octanol–water partition coefficient (Wildman–Crippen LogP) is 2.77. The van der Waals surface area contributed by atoms with Gasteiger partial charge >= 0.3 is 6.09 Å². The Morgan fingerprint density at radius 2 is 1.93 bits per heavy atom. The molecule has 0 saturated heterocycles. The fourth-order valence-corrected chi connectivity index (χ4v) is 3.51. The van der Waals surface area contributed by atoms with E-state index in [9.17, 15) is 18.0 Å². The summed E-state index contributed by atoms with van der Waals surface area (Å²) in [7, 11) is -3.96. The van der Waals surface area contributed by atoms with Gasteiger partial charge in [-0.15, -0.1) is 0 Å². The summed E-state index contributed by atoms with van der Waals surface area (Å²) >= 11 is 0. The highest BCUT2D eigenvalue weighted by Gasteiger charge is 2.39. The van der Waals surface area contributed by atoms with Crippen molar-refractivity contribution in [3.63, 3.8) is 0 Å². The van der Waals surface area contributed by atoms with Gasteiger partial charge in [-0.3, -0.25) is 9.69 Å². The zero-order valence-corrected chi connectivity index (χ0v) is 16.1. The Balaban J connectivity index is 2.08. The number of nitrogens with one attached hydrogen (secondary N) is 1. The molecule has 1 aliphatic rings. The number of rotatable bonds is 5. The molecule has 148 valence electrons. The average Bonchev–Trinajstić information content (AvgIpc) is 2.66. The number of hydrogen-bond acceptors (Lipinski definition) is 5. The summed E-state index contributed by atoms with van der Waals surface area (Å²) in [6, 6.07) is 11.8. The van der Waals surface area contributed by atoms with Crippen molar-refractivity contribution in [2.24, 2.45) is 5.14 Å². The van der Waals surface area contributed by atoms with Crippen LogP contribution < -0.4 is 15.4 Å². The molecule has 0 saturated carbocycles. The van der Waals surface area contributed by atoms with Crippen LogP contribution >= 0.6 is 0 Å². The van der Waals surface area contributed by atoms with Crippen LogP contribution in [0.2, 0.25) is 0 Å². The molecule has 0 fully saturated rings. The fourth-order valence-electron chi connectivity index (χ4n) is 2.97. The van der Waals surface area contributed by atoms with Gasteiger partial charge in [-0.05, 0) is 30.2 Å². The van der Waals surface area contributed by atoms with Gasteiger partial charge in [0.1, 0.15) is 6.04 Å². The number of carbonyl (C=O) groups excluding carboxylic acids is 2. The van der Waals surface area contributed by atoms with Gasteiger partial charge < -0.3 is 10.1 Å². The van der Waals surface area contributed by atoms with E-state index in [1.807, 2.05) is 6.92 Å². The van der Waals surface area contributed by atoms with Gasteiger partial charge in [0, 0.05) is 0 Å². The van der Waals surface area contributed by atoms with Crippen LogP contribution in [-0.4, -0.2) is 27.0 Å². The zero-order chi connectivity index (χ0) is 20.3. The van der Waals surface area contributed by atoms with E-state index < -0.39 is 28.1 Å². The van der Waals surface area contributed by atoms with Crippen LogP contribution in [0.25, 0.3) is 0 Å². The molecule has 2 aromatic rings. The molecule has 28 heavy (non-hydrogen) atoms. The standard InChI is InChI=1S/C19H21N3O5S/c1-2-3-11-27-19(24)22-16-10-9-14(28(20,25)26)12-15(16)21-18(23)17(22)13-7-5-4-6-8-13/h4-10,12,17H,2-3,11H2,1H3,(H,21,23)(H2,20,25,26).